The van der Waals surface area contributed by atoms with Crippen LogP contribution in [0, 0.1) is 19.8 Å². The van der Waals surface area contributed by atoms with Crippen LogP contribution in [0.15, 0.2) is 87.2 Å². The topological polar surface area (TPSA) is 49.4 Å². The lowest BCUT2D eigenvalue weighted by atomic mass is 10.0. The van der Waals surface area contributed by atoms with Gasteiger partial charge in [0, 0.05) is 0 Å². The molecule has 0 heterocycles. The number of rotatable bonds is 6. The first-order valence-electron chi connectivity index (χ1n) is 9.60. The molecule has 0 fully saturated rings. The Morgan fingerprint density at radius 2 is 1.25 bits per heavy atom. The van der Waals surface area contributed by atoms with E-state index in [1.165, 1.54) is 5.56 Å². The van der Waals surface area contributed by atoms with E-state index in [0.29, 0.717) is 5.92 Å². The van der Waals surface area contributed by atoms with Crippen molar-refractivity contribution in [1.29, 1.82) is 0 Å². The van der Waals surface area contributed by atoms with Crippen molar-refractivity contribution in [3.05, 3.63) is 83.4 Å². The number of nitrogens with zero attached hydrogens (tertiary/aromatic N) is 4. The zero-order valence-electron chi connectivity index (χ0n) is 16.9. The minimum atomic E-state index is 0.650. The van der Waals surface area contributed by atoms with Gasteiger partial charge in [-0.15, -0.1) is 0 Å². The van der Waals surface area contributed by atoms with Crippen molar-refractivity contribution in [3.63, 3.8) is 0 Å². The van der Waals surface area contributed by atoms with Crippen molar-refractivity contribution >= 4 is 22.7 Å². The van der Waals surface area contributed by atoms with Crippen molar-refractivity contribution in [2.24, 2.45) is 26.4 Å². The molecule has 4 heteroatoms. The van der Waals surface area contributed by atoms with Gasteiger partial charge < -0.3 is 0 Å². The number of aryl methyl sites for hydroxylation is 2. The molecule has 0 atom stereocenters. The van der Waals surface area contributed by atoms with Crippen LogP contribution in [-0.4, -0.2) is 0 Å². The van der Waals surface area contributed by atoms with Gasteiger partial charge in [0.2, 0.25) is 0 Å². The van der Waals surface area contributed by atoms with E-state index >= 15 is 0 Å². The molecule has 142 valence electrons. The highest BCUT2D eigenvalue weighted by molar-refractivity contribution is 5.54. The molecule has 0 radical (unpaired) electrons. The highest BCUT2D eigenvalue weighted by Crippen LogP contribution is 2.28. The summed E-state index contributed by atoms with van der Waals surface area (Å²) in [6.07, 6.45) is 1.08. The molecule has 0 aliphatic heterocycles. The number of benzene rings is 3. The summed E-state index contributed by atoms with van der Waals surface area (Å²) in [5.41, 5.74) is 6.82. The molecule has 0 amide bonds. The van der Waals surface area contributed by atoms with E-state index in [1.807, 2.05) is 68.4 Å². The first kappa shape index (κ1) is 19.6. The lowest BCUT2D eigenvalue weighted by molar-refractivity contribution is 0.647. The first-order valence-corrected chi connectivity index (χ1v) is 9.60. The average molecular weight is 371 g/mol. The maximum absolute atomic E-state index is 4.39. The number of hydrogen-bond donors (Lipinski definition) is 0. The van der Waals surface area contributed by atoms with Crippen LogP contribution in [0.1, 0.15) is 30.5 Å². The molecule has 0 aromatic heterocycles. The fraction of sp³-hybridized carbons (Fsp3) is 0.250. The highest BCUT2D eigenvalue weighted by atomic mass is 15.1. The zero-order valence-corrected chi connectivity index (χ0v) is 16.9. The summed E-state index contributed by atoms with van der Waals surface area (Å²) in [5, 5.41) is 17.4. The largest absolute Gasteiger partial charge is 0.151 e. The second kappa shape index (κ2) is 9.18. The maximum atomic E-state index is 4.39. The quantitative estimate of drug-likeness (QED) is 0.392. The van der Waals surface area contributed by atoms with Crippen LogP contribution < -0.4 is 0 Å². The molecule has 0 spiro atoms. The number of azo groups is 2. The van der Waals surface area contributed by atoms with Gasteiger partial charge in [-0.3, -0.25) is 0 Å². The molecule has 3 aromatic rings. The van der Waals surface area contributed by atoms with Gasteiger partial charge in [-0.25, -0.2) is 0 Å². The van der Waals surface area contributed by atoms with Crippen molar-refractivity contribution < 1.29 is 0 Å². The van der Waals surface area contributed by atoms with E-state index in [0.717, 1.165) is 40.3 Å². The van der Waals surface area contributed by atoms with Crippen molar-refractivity contribution in [1.82, 2.24) is 0 Å². The Labute approximate surface area is 167 Å². The van der Waals surface area contributed by atoms with Crippen LogP contribution in [0.2, 0.25) is 0 Å². The Morgan fingerprint density at radius 1 is 0.643 bits per heavy atom. The van der Waals surface area contributed by atoms with Gasteiger partial charge in [-0.2, -0.15) is 20.5 Å². The SMILES string of the molecule is Cc1ccccc1N=Nc1ccc(N=Nc2ccc(CC(C)C)cc2)c(C)c1. The molecule has 0 aliphatic carbocycles. The molecule has 0 saturated heterocycles. The van der Waals surface area contributed by atoms with Crippen LogP contribution in [0.25, 0.3) is 0 Å². The Morgan fingerprint density at radius 3 is 1.89 bits per heavy atom. The molecule has 0 aliphatic rings. The second-order valence-corrected chi connectivity index (χ2v) is 7.42. The molecular weight excluding hydrogens is 344 g/mol. The van der Waals surface area contributed by atoms with E-state index in [2.05, 4.69) is 46.4 Å². The molecule has 28 heavy (non-hydrogen) atoms. The fourth-order valence-corrected chi connectivity index (χ4v) is 2.88. The standard InChI is InChI=1S/C24H26N4/c1-17(2)15-20-9-11-21(12-10-20)25-28-24-14-13-22(16-19(24)4)26-27-23-8-6-5-7-18(23)3/h5-14,16-17H,15H2,1-4H3. The van der Waals surface area contributed by atoms with Crippen molar-refractivity contribution in [2.45, 2.75) is 34.1 Å². The van der Waals surface area contributed by atoms with Gasteiger partial charge in [-0.05, 0) is 79.3 Å². The first-order chi connectivity index (χ1) is 13.5. The average Bonchev–Trinajstić information content (AvgIpc) is 2.67. The molecule has 4 nitrogen and oxygen atoms in total. The monoisotopic (exact) mass is 370 g/mol. The third kappa shape index (κ3) is 5.43. The maximum Gasteiger partial charge on any atom is 0.0887 e. The van der Waals surface area contributed by atoms with E-state index < -0.39 is 0 Å². The third-order valence-electron chi connectivity index (χ3n) is 4.42. The number of hydrogen-bond acceptors (Lipinski definition) is 4. The highest BCUT2D eigenvalue weighted by Gasteiger charge is 2.01. The van der Waals surface area contributed by atoms with E-state index in [-0.39, 0.29) is 0 Å². The predicted octanol–water partition coefficient (Wildman–Crippen LogP) is 8.33. The zero-order chi connectivity index (χ0) is 19.9. The summed E-state index contributed by atoms with van der Waals surface area (Å²) in [7, 11) is 0. The molecule has 0 N–H and O–H groups in total. The van der Waals surface area contributed by atoms with E-state index in [4.69, 9.17) is 0 Å². The van der Waals surface area contributed by atoms with Gasteiger partial charge in [0.25, 0.3) is 0 Å². The second-order valence-electron chi connectivity index (χ2n) is 7.42. The molecule has 0 unspecified atom stereocenters. The summed E-state index contributed by atoms with van der Waals surface area (Å²) in [5.74, 6) is 0.650. The molecule has 3 aromatic carbocycles. The van der Waals surface area contributed by atoms with Crippen LogP contribution >= 0.6 is 0 Å². The summed E-state index contributed by atoms with van der Waals surface area (Å²) < 4.78 is 0. The van der Waals surface area contributed by atoms with Crippen LogP contribution in [0.3, 0.4) is 0 Å². The van der Waals surface area contributed by atoms with Gasteiger partial charge in [0.05, 0.1) is 22.7 Å². The minimum absolute atomic E-state index is 0.650. The van der Waals surface area contributed by atoms with Crippen molar-refractivity contribution in [2.75, 3.05) is 0 Å². The lowest BCUT2D eigenvalue weighted by Gasteiger charge is -2.04. The normalized spacial score (nSPS) is 11.8. The van der Waals surface area contributed by atoms with Gasteiger partial charge in [0.1, 0.15) is 0 Å². The smallest absolute Gasteiger partial charge is 0.0887 e. The molecule has 0 bridgehead atoms. The Hall–Kier alpha value is -3.14. The minimum Gasteiger partial charge on any atom is -0.151 e. The van der Waals surface area contributed by atoms with Gasteiger partial charge in [0.15, 0.2) is 0 Å². The summed E-state index contributed by atoms with van der Waals surface area (Å²) in [4.78, 5) is 0. The fourth-order valence-electron chi connectivity index (χ4n) is 2.88. The molecule has 3 rings (SSSR count). The molecule has 0 saturated carbocycles. The summed E-state index contributed by atoms with van der Waals surface area (Å²) in [6, 6.07) is 22.0. The third-order valence-corrected chi connectivity index (χ3v) is 4.42. The van der Waals surface area contributed by atoms with E-state index in [1.54, 1.807) is 0 Å². The van der Waals surface area contributed by atoms with Crippen molar-refractivity contribution in [3.8, 4) is 0 Å². The summed E-state index contributed by atoms with van der Waals surface area (Å²) in [6.45, 7) is 8.48. The van der Waals surface area contributed by atoms with Gasteiger partial charge >= 0.3 is 0 Å². The van der Waals surface area contributed by atoms with Crippen LogP contribution in [-0.2, 0) is 6.42 Å². The molecular formula is C24H26N4. The van der Waals surface area contributed by atoms with E-state index in [9.17, 15) is 0 Å². The predicted molar refractivity (Wildman–Crippen MR) is 116 cm³/mol. The van der Waals surface area contributed by atoms with Crippen LogP contribution in [0.4, 0.5) is 22.7 Å². The van der Waals surface area contributed by atoms with Crippen LogP contribution in [0.5, 0.6) is 0 Å². The Bertz CT molecular complexity index is 986. The Balaban J connectivity index is 1.70. The lowest BCUT2D eigenvalue weighted by Crippen LogP contribution is -1.92. The Kier molecular flexibility index (Phi) is 6.43. The summed E-state index contributed by atoms with van der Waals surface area (Å²) >= 11 is 0. The van der Waals surface area contributed by atoms with Gasteiger partial charge in [-0.1, -0.05) is 44.2 Å².